The summed E-state index contributed by atoms with van der Waals surface area (Å²) in [6.45, 7) is 0. The molecule has 2 rings (SSSR count). The lowest BCUT2D eigenvalue weighted by Gasteiger charge is -2.01. The standard InChI is InChI=1S/C8H8F3N5O/c9-8(10,11)2-1-5-14-7(17-16-5)4-3-13-15-6(4)12/h3H,1-2H2,(H3,12,13,15). The predicted molar refractivity (Wildman–Crippen MR) is 50.7 cm³/mol. The number of anilines is 1. The van der Waals surface area contributed by atoms with E-state index in [0.29, 0.717) is 5.56 Å². The Morgan fingerprint density at radius 3 is 2.76 bits per heavy atom. The highest BCUT2D eigenvalue weighted by Crippen LogP contribution is 2.24. The molecule has 0 aromatic carbocycles. The molecule has 0 aliphatic rings. The number of nitrogens with two attached hydrogens (primary N) is 1. The molecule has 0 unspecified atom stereocenters. The molecule has 92 valence electrons. The van der Waals surface area contributed by atoms with Gasteiger partial charge in [-0.1, -0.05) is 5.16 Å². The van der Waals surface area contributed by atoms with Crippen LogP contribution in [0.4, 0.5) is 19.0 Å². The highest BCUT2D eigenvalue weighted by Gasteiger charge is 2.27. The van der Waals surface area contributed by atoms with Crippen molar-refractivity contribution >= 4 is 5.82 Å². The van der Waals surface area contributed by atoms with Crippen LogP contribution in [0, 0.1) is 0 Å². The Morgan fingerprint density at radius 2 is 2.18 bits per heavy atom. The molecule has 17 heavy (non-hydrogen) atoms. The molecular formula is C8H8F3N5O. The second kappa shape index (κ2) is 4.07. The summed E-state index contributed by atoms with van der Waals surface area (Å²) in [6.07, 6.45) is -4.20. The summed E-state index contributed by atoms with van der Waals surface area (Å²) in [5.41, 5.74) is 5.87. The van der Waals surface area contributed by atoms with Gasteiger partial charge in [0.2, 0.25) is 0 Å². The molecule has 2 heterocycles. The predicted octanol–water partition coefficient (Wildman–Crippen LogP) is 1.54. The summed E-state index contributed by atoms with van der Waals surface area (Å²) in [5, 5.41) is 9.52. The van der Waals surface area contributed by atoms with E-state index in [2.05, 4.69) is 20.3 Å². The fourth-order valence-corrected chi connectivity index (χ4v) is 1.19. The van der Waals surface area contributed by atoms with Crippen LogP contribution >= 0.6 is 0 Å². The molecule has 0 saturated carbocycles. The van der Waals surface area contributed by atoms with Crippen molar-refractivity contribution in [3.63, 3.8) is 0 Å². The molecule has 3 N–H and O–H groups in total. The van der Waals surface area contributed by atoms with Gasteiger partial charge >= 0.3 is 6.18 Å². The minimum absolute atomic E-state index is 0.0158. The van der Waals surface area contributed by atoms with Crippen LogP contribution in [-0.2, 0) is 6.42 Å². The number of rotatable bonds is 3. The quantitative estimate of drug-likeness (QED) is 0.857. The van der Waals surface area contributed by atoms with E-state index in [1.54, 1.807) is 0 Å². The van der Waals surface area contributed by atoms with Crippen molar-refractivity contribution in [3.05, 3.63) is 12.0 Å². The van der Waals surface area contributed by atoms with Gasteiger partial charge < -0.3 is 10.3 Å². The van der Waals surface area contributed by atoms with E-state index < -0.39 is 12.6 Å². The third-order valence-electron chi connectivity index (χ3n) is 2.00. The van der Waals surface area contributed by atoms with Crippen LogP contribution in [0.1, 0.15) is 12.2 Å². The topological polar surface area (TPSA) is 93.6 Å². The van der Waals surface area contributed by atoms with Crippen LogP contribution in [0.25, 0.3) is 11.5 Å². The van der Waals surface area contributed by atoms with Gasteiger partial charge in [-0.05, 0) is 0 Å². The summed E-state index contributed by atoms with van der Waals surface area (Å²) < 4.78 is 40.7. The molecule has 0 bridgehead atoms. The Kier molecular flexibility index (Phi) is 2.74. The molecule has 0 aliphatic heterocycles. The first-order chi connectivity index (χ1) is 7.96. The van der Waals surface area contributed by atoms with Gasteiger partial charge in [0.25, 0.3) is 5.89 Å². The van der Waals surface area contributed by atoms with Gasteiger partial charge in [0.05, 0.1) is 12.6 Å². The van der Waals surface area contributed by atoms with Crippen molar-refractivity contribution in [2.24, 2.45) is 0 Å². The number of alkyl halides is 3. The summed E-state index contributed by atoms with van der Waals surface area (Å²) in [7, 11) is 0. The van der Waals surface area contributed by atoms with Gasteiger partial charge in [0.15, 0.2) is 5.82 Å². The van der Waals surface area contributed by atoms with Crippen LogP contribution < -0.4 is 5.73 Å². The molecular weight excluding hydrogens is 239 g/mol. The highest BCUT2D eigenvalue weighted by molar-refractivity contribution is 5.65. The van der Waals surface area contributed by atoms with Gasteiger partial charge in [-0.3, -0.25) is 5.10 Å². The molecule has 0 aliphatic carbocycles. The summed E-state index contributed by atoms with van der Waals surface area (Å²) in [4.78, 5) is 3.80. The van der Waals surface area contributed by atoms with Crippen molar-refractivity contribution in [2.75, 3.05) is 5.73 Å². The molecule has 2 aromatic heterocycles. The zero-order valence-corrected chi connectivity index (χ0v) is 8.45. The van der Waals surface area contributed by atoms with E-state index >= 15 is 0 Å². The van der Waals surface area contributed by atoms with Crippen molar-refractivity contribution in [1.29, 1.82) is 0 Å². The van der Waals surface area contributed by atoms with E-state index in [9.17, 15) is 13.2 Å². The average Bonchev–Trinajstić information content (AvgIpc) is 2.81. The maximum absolute atomic E-state index is 12.0. The molecule has 0 atom stereocenters. The Hall–Kier alpha value is -2.06. The first kappa shape index (κ1) is 11.4. The summed E-state index contributed by atoms with van der Waals surface area (Å²) >= 11 is 0. The third-order valence-corrected chi connectivity index (χ3v) is 2.00. The van der Waals surface area contributed by atoms with Gasteiger partial charge in [-0.15, -0.1) is 0 Å². The molecule has 0 radical (unpaired) electrons. The average molecular weight is 247 g/mol. The minimum atomic E-state index is -4.24. The second-order valence-electron chi connectivity index (χ2n) is 3.33. The first-order valence-electron chi connectivity index (χ1n) is 4.64. The van der Waals surface area contributed by atoms with Gasteiger partial charge in [0, 0.05) is 6.42 Å². The van der Waals surface area contributed by atoms with Crippen LogP contribution in [0.2, 0.25) is 0 Å². The number of nitrogens with zero attached hydrogens (tertiary/aromatic N) is 3. The Morgan fingerprint density at radius 1 is 1.41 bits per heavy atom. The number of nitrogens with one attached hydrogen (secondary N) is 1. The normalized spacial score (nSPS) is 11.9. The number of aryl methyl sites for hydroxylation is 1. The minimum Gasteiger partial charge on any atom is -0.383 e. The number of H-pyrrole nitrogens is 1. The smallest absolute Gasteiger partial charge is 0.383 e. The fraction of sp³-hybridized carbons (Fsp3) is 0.375. The highest BCUT2D eigenvalue weighted by atomic mass is 19.4. The Balaban J connectivity index is 2.09. The number of hydrogen-bond acceptors (Lipinski definition) is 5. The zero-order chi connectivity index (χ0) is 12.5. The van der Waals surface area contributed by atoms with E-state index in [0.717, 1.165) is 0 Å². The maximum atomic E-state index is 12.0. The lowest BCUT2D eigenvalue weighted by atomic mass is 10.3. The van der Waals surface area contributed by atoms with Crippen LogP contribution in [-0.4, -0.2) is 26.5 Å². The number of aromatic nitrogens is 4. The molecule has 0 spiro atoms. The van der Waals surface area contributed by atoms with E-state index in [4.69, 9.17) is 10.3 Å². The van der Waals surface area contributed by atoms with Gasteiger partial charge in [-0.2, -0.15) is 23.3 Å². The fourth-order valence-electron chi connectivity index (χ4n) is 1.19. The number of hydrogen-bond donors (Lipinski definition) is 2. The van der Waals surface area contributed by atoms with Crippen LogP contribution in [0.3, 0.4) is 0 Å². The lowest BCUT2D eigenvalue weighted by molar-refractivity contribution is -0.134. The summed E-state index contributed by atoms with van der Waals surface area (Å²) in [5.74, 6) is 0.252. The lowest BCUT2D eigenvalue weighted by Crippen LogP contribution is -2.09. The zero-order valence-electron chi connectivity index (χ0n) is 8.45. The molecule has 9 heteroatoms. The summed E-state index contributed by atoms with van der Waals surface area (Å²) in [6, 6.07) is 0. The van der Waals surface area contributed by atoms with Crippen molar-refractivity contribution in [1.82, 2.24) is 20.3 Å². The van der Waals surface area contributed by atoms with Gasteiger partial charge in [0.1, 0.15) is 11.4 Å². The van der Waals surface area contributed by atoms with Crippen molar-refractivity contribution < 1.29 is 17.7 Å². The number of aromatic amines is 1. The Bertz CT molecular complexity index is 503. The van der Waals surface area contributed by atoms with Crippen molar-refractivity contribution in [3.8, 4) is 11.5 Å². The van der Waals surface area contributed by atoms with E-state index in [1.165, 1.54) is 6.20 Å². The Labute approximate surface area is 93.0 Å². The molecule has 0 saturated heterocycles. The SMILES string of the molecule is Nc1[nH]ncc1-c1nc(CCC(F)(F)F)no1. The molecule has 0 fully saturated rings. The van der Waals surface area contributed by atoms with Crippen LogP contribution in [0.15, 0.2) is 10.7 Å². The number of nitrogen functional groups attached to an aromatic ring is 1. The molecule has 2 aromatic rings. The monoisotopic (exact) mass is 247 g/mol. The third kappa shape index (κ3) is 2.74. The maximum Gasteiger partial charge on any atom is 0.389 e. The molecule has 6 nitrogen and oxygen atoms in total. The van der Waals surface area contributed by atoms with Crippen LogP contribution in [0.5, 0.6) is 0 Å². The van der Waals surface area contributed by atoms with Crippen molar-refractivity contribution in [2.45, 2.75) is 19.0 Å². The van der Waals surface area contributed by atoms with Gasteiger partial charge in [-0.25, -0.2) is 0 Å². The largest absolute Gasteiger partial charge is 0.389 e. The van der Waals surface area contributed by atoms with E-state index in [-0.39, 0.29) is 24.0 Å². The van der Waals surface area contributed by atoms with E-state index in [1.807, 2.05) is 0 Å². The first-order valence-corrected chi connectivity index (χ1v) is 4.64. The number of halogens is 3. The second-order valence-corrected chi connectivity index (χ2v) is 3.33. The molecule has 0 amide bonds.